The van der Waals surface area contributed by atoms with Gasteiger partial charge in [-0.25, -0.2) is 0 Å². The Morgan fingerprint density at radius 1 is 1.32 bits per heavy atom. The average Bonchev–Trinajstić information content (AvgIpc) is 2.82. The van der Waals surface area contributed by atoms with Gasteiger partial charge in [0.15, 0.2) is 0 Å². The van der Waals surface area contributed by atoms with Crippen LogP contribution in [-0.4, -0.2) is 41.5 Å². The van der Waals surface area contributed by atoms with E-state index in [-0.39, 0.29) is 32.3 Å². The molecule has 0 saturated carbocycles. The third-order valence-electron chi connectivity index (χ3n) is 2.21. The quantitative estimate of drug-likeness (QED) is 0.696. The monoisotopic (exact) mass is 443 g/mol. The van der Waals surface area contributed by atoms with Gasteiger partial charge in [0.1, 0.15) is 5.90 Å². The molecule has 1 radical (unpaired) electrons. The Morgan fingerprint density at radius 2 is 2.00 bits per heavy atom. The maximum Gasteiger partial charge on any atom is 0.130 e. The van der Waals surface area contributed by atoms with Crippen molar-refractivity contribution in [1.82, 2.24) is 0 Å². The van der Waals surface area contributed by atoms with Crippen LogP contribution >= 0.6 is 0 Å². The second-order valence-electron chi connectivity index (χ2n) is 4.25. The number of hydrogen-bond acceptors (Lipinski definition) is 4. The predicted octanol–water partition coefficient (Wildman–Crippen LogP) is 1.40. The van der Waals surface area contributed by atoms with Crippen molar-refractivity contribution in [2.45, 2.75) is 32.5 Å². The fraction of sp³-hybridized carbons (Fsp3) is 0.500. The summed E-state index contributed by atoms with van der Waals surface area (Å²) >= 11 is 0. The summed E-state index contributed by atoms with van der Waals surface area (Å²) in [7, 11) is 0. The summed E-state index contributed by atoms with van der Waals surface area (Å²) in [5.74, 6) is 0.727. The average molecular weight is 443 g/mol. The predicted molar refractivity (Wildman–Crippen MR) is 70.6 cm³/mol. The Morgan fingerprint density at radius 3 is 2.37 bits per heavy atom. The molecule has 2 unspecified atom stereocenters. The van der Waals surface area contributed by atoms with Gasteiger partial charge in [0.2, 0.25) is 0 Å². The van der Waals surface area contributed by atoms with E-state index >= 15 is 0 Å². The molecule has 4 nitrogen and oxygen atoms in total. The van der Waals surface area contributed by atoms with Gasteiger partial charge < -0.3 is 14.9 Å². The van der Waals surface area contributed by atoms with Crippen LogP contribution in [0.15, 0.2) is 29.3 Å². The van der Waals surface area contributed by atoms with Gasteiger partial charge in [-0.3, -0.25) is 4.99 Å². The summed E-state index contributed by atoms with van der Waals surface area (Å²) < 4.78 is 5.26. The first-order chi connectivity index (χ1) is 8.59. The molecule has 1 aromatic rings. The van der Waals surface area contributed by atoms with E-state index in [1.807, 2.05) is 24.3 Å². The largest absolute Gasteiger partial charge is 0.518 e. The van der Waals surface area contributed by atoms with Gasteiger partial charge in [-0.2, -0.15) is 0 Å². The van der Waals surface area contributed by atoms with Crippen LogP contribution in [0.5, 0.6) is 0 Å². The molecule has 0 aromatic heterocycles. The van der Waals surface area contributed by atoms with Crippen LogP contribution in [0.2, 0.25) is 0 Å². The van der Waals surface area contributed by atoms with Crippen LogP contribution in [0.25, 0.3) is 0 Å². The fourth-order valence-electron chi connectivity index (χ4n) is 1.52. The number of aliphatic hydroxyl groups excluding tert-OH is 2. The number of nitrogens with zero attached hydrogens (tertiary/aromatic N) is 1. The molecule has 0 bridgehead atoms. The molecular weight excluding hydrogens is 422 g/mol. The molecule has 0 fully saturated rings. The van der Waals surface area contributed by atoms with E-state index in [0.717, 1.165) is 18.0 Å². The second-order valence-corrected chi connectivity index (χ2v) is 4.25. The zero-order valence-corrected chi connectivity index (χ0v) is 13.6. The second kappa shape index (κ2) is 10.1. The SMILES string of the molecule is CC(O)CC(C)O.[Ir].[c-]1ccccc1C1=NCCO1. The zero-order valence-electron chi connectivity index (χ0n) is 11.2. The maximum absolute atomic E-state index is 8.56. The Hall–Kier alpha value is -0.741. The summed E-state index contributed by atoms with van der Waals surface area (Å²) in [5, 5.41) is 17.1. The van der Waals surface area contributed by atoms with Gasteiger partial charge >= 0.3 is 0 Å². The summed E-state index contributed by atoms with van der Waals surface area (Å²) in [6.07, 6.45) is -0.278. The first-order valence-electron chi connectivity index (χ1n) is 6.10. The Bertz CT molecular complexity index is 360. The first kappa shape index (κ1) is 18.3. The maximum atomic E-state index is 8.56. The normalized spacial score (nSPS) is 16.1. The molecule has 1 aliphatic heterocycles. The fourth-order valence-corrected chi connectivity index (χ4v) is 1.52. The summed E-state index contributed by atoms with van der Waals surface area (Å²) in [5.41, 5.74) is 0.949. The molecular formula is C14H20IrNO3-. The van der Waals surface area contributed by atoms with E-state index in [0.29, 0.717) is 13.0 Å². The van der Waals surface area contributed by atoms with Crippen LogP contribution in [-0.2, 0) is 24.8 Å². The Labute approximate surface area is 127 Å². The van der Waals surface area contributed by atoms with Crippen molar-refractivity contribution in [1.29, 1.82) is 0 Å². The van der Waals surface area contributed by atoms with E-state index in [2.05, 4.69) is 11.1 Å². The Balaban J connectivity index is 0.000000360. The van der Waals surface area contributed by atoms with Gasteiger partial charge in [-0.1, -0.05) is 5.56 Å². The Kier molecular flexibility index (Phi) is 9.70. The molecule has 1 aliphatic rings. The van der Waals surface area contributed by atoms with Crippen molar-refractivity contribution in [3.63, 3.8) is 0 Å². The molecule has 0 amide bonds. The van der Waals surface area contributed by atoms with E-state index in [9.17, 15) is 0 Å². The van der Waals surface area contributed by atoms with Gasteiger partial charge in [0, 0.05) is 20.1 Å². The van der Waals surface area contributed by atoms with Crippen LogP contribution < -0.4 is 0 Å². The van der Waals surface area contributed by atoms with E-state index in [1.54, 1.807) is 13.8 Å². The number of aliphatic imine (C=N–C) groups is 1. The van der Waals surface area contributed by atoms with Crippen LogP contribution in [0.1, 0.15) is 25.8 Å². The van der Waals surface area contributed by atoms with Crippen LogP contribution in [0.3, 0.4) is 0 Å². The molecule has 2 atom stereocenters. The minimum absolute atomic E-state index is 0. The van der Waals surface area contributed by atoms with E-state index in [1.165, 1.54) is 0 Å². The third kappa shape index (κ3) is 8.11. The molecule has 109 valence electrons. The molecule has 2 rings (SSSR count). The topological polar surface area (TPSA) is 62.0 Å². The molecule has 0 saturated heterocycles. The first-order valence-corrected chi connectivity index (χ1v) is 6.10. The van der Waals surface area contributed by atoms with Crippen molar-refractivity contribution < 1.29 is 35.1 Å². The van der Waals surface area contributed by atoms with Gasteiger partial charge in [-0.15, -0.1) is 30.3 Å². The minimum atomic E-state index is -0.375. The molecule has 1 aromatic carbocycles. The summed E-state index contributed by atoms with van der Waals surface area (Å²) in [4.78, 5) is 4.17. The number of ether oxygens (including phenoxy) is 1. The van der Waals surface area contributed by atoms with Gasteiger partial charge in [0.05, 0.1) is 25.4 Å². The van der Waals surface area contributed by atoms with Gasteiger partial charge in [-0.05, 0) is 20.3 Å². The van der Waals surface area contributed by atoms with E-state index < -0.39 is 0 Å². The van der Waals surface area contributed by atoms with Crippen molar-refractivity contribution in [2.75, 3.05) is 13.2 Å². The third-order valence-corrected chi connectivity index (χ3v) is 2.21. The van der Waals surface area contributed by atoms with Crippen LogP contribution in [0.4, 0.5) is 0 Å². The van der Waals surface area contributed by atoms with E-state index in [4.69, 9.17) is 14.9 Å². The molecule has 2 N–H and O–H groups in total. The number of hydrogen-bond donors (Lipinski definition) is 2. The molecule has 1 heterocycles. The number of rotatable bonds is 3. The summed E-state index contributed by atoms with van der Waals surface area (Å²) in [6.45, 7) is 4.80. The standard InChI is InChI=1S/C9H8NO.C5H12O2.Ir/c1-2-4-8(5-3-1)9-10-6-7-11-9;1-4(6)3-5(2)7;/h1-4H,6-7H2;4-7H,3H2,1-2H3;/q-1;;. The van der Waals surface area contributed by atoms with Crippen molar-refractivity contribution in [2.24, 2.45) is 4.99 Å². The van der Waals surface area contributed by atoms with Crippen molar-refractivity contribution in [3.8, 4) is 0 Å². The molecule has 0 aliphatic carbocycles. The molecule has 19 heavy (non-hydrogen) atoms. The minimum Gasteiger partial charge on any atom is -0.518 e. The summed E-state index contributed by atoms with van der Waals surface area (Å²) in [6, 6.07) is 10.7. The van der Waals surface area contributed by atoms with Gasteiger partial charge in [0.25, 0.3) is 0 Å². The molecule has 0 spiro atoms. The number of aliphatic hydroxyl groups is 2. The zero-order chi connectivity index (χ0) is 13.4. The number of benzene rings is 1. The van der Waals surface area contributed by atoms with Crippen LogP contribution in [0, 0.1) is 6.07 Å². The molecule has 5 heteroatoms. The van der Waals surface area contributed by atoms with Crippen molar-refractivity contribution in [3.05, 3.63) is 35.9 Å². The smallest absolute Gasteiger partial charge is 0.130 e. The van der Waals surface area contributed by atoms with Crippen molar-refractivity contribution >= 4 is 5.90 Å².